The quantitative estimate of drug-likeness (QED) is 0.570. The molecule has 2 atom stereocenters. The highest BCUT2D eigenvalue weighted by atomic mass is 16.3. The van der Waals surface area contributed by atoms with E-state index < -0.39 is 0 Å². The Hall–Kier alpha value is -0.340. The predicted octanol–water partition coefficient (Wildman–Crippen LogP) is 1.31. The van der Waals surface area contributed by atoms with Gasteiger partial charge in [-0.25, -0.2) is 0 Å². The molecule has 2 N–H and O–H groups in total. The van der Waals surface area contributed by atoms with E-state index in [9.17, 15) is 5.11 Å². The summed E-state index contributed by atoms with van der Waals surface area (Å²) in [6.07, 6.45) is 4.25. The lowest BCUT2D eigenvalue weighted by molar-refractivity contribution is 0.194. The van der Waals surface area contributed by atoms with Crippen LogP contribution in [0.4, 0.5) is 0 Å². The van der Waals surface area contributed by atoms with Crippen LogP contribution in [-0.4, -0.2) is 24.3 Å². The second-order valence-electron chi connectivity index (χ2n) is 2.81. The number of rotatable bonds is 6. The summed E-state index contributed by atoms with van der Waals surface area (Å²) < 4.78 is 0. The molecule has 0 radical (unpaired) electrons. The first-order valence-corrected chi connectivity index (χ1v) is 4.22. The van der Waals surface area contributed by atoms with Gasteiger partial charge in [0.2, 0.25) is 0 Å². The lowest BCUT2D eigenvalue weighted by Gasteiger charge is -2.16. The van der Waals surface area contributed by atoms with Crippen LogP contribution in [0.25, 0.3) is 0 Å². The normalized spacial score (nSPS) is 15.9. The van der Waals surface area contributed by atoms with E-state index in [0.717, 1.165) is 19.3 Å². The van der Waals surface area contributed by atoms with Crippen molar-refractivity contribution in [1.29, 1.82) is 0 Å². The van der Waals surface area contributed by atoms with Crippen molar-refractivity contribution in [1.82, 2.24) is 5.32 Å². The van der Waals surface area contributed by atoms with Gasteiger partial charge in [0.15, 0.2) is 0 Å². The number of nitrogens with one attached hydrogen (secondary N) is 1. The van der Waals surface area contributed by atoms with Crippen molar-refractivity contribution in [2.24, 2.45) is 0 Å². The number of hydrogen-bond acceptors (Lipinski definition) is 2. The molecule has 2 nitrogen and oxygen atoms in total. The molecule has 2 heteroatoms. The van der Waals surface area contributed by atoms with Crippen molar-refractivity contribution in [2.45, 2.75) is 38.3 Å². The molecule has 66 valence electrons. The first-order chi connectivity index (χ1) is 5.24. The molecule has 0 saturated carbocycles. The standard InChI is InChI=1S/C9H19NO/c1-4-6-8(10-3)7-9(11)5-2/h5,8-11H,2,4,6-7H2,1,3H3. The van der Waals surface area contributed by atoms with E-state index in [4.69, 9.17) is 0 Å². The van der Waals surface area contributed by atoms with E-state index in [2.05, 4.69) is 18.8 Å². The third-order valence-electron chi connectivity index (χ3n) is 1.84. The molecule has 0 aliphatic heterocycles. The molecule has 0 aromatic heterocycles. The lowest BCUT2D eigenvalue weighted by Crippen LogP contribution is -2.28. The SMILES string of the molecule is C=CC(O)CC(CCC)NC. The molecule has 0 aromatic carbocycles. The minimum atomic E-state index is -0.362. The molecule has 0 aliphatic carbocycles. The summed E-state index contributed by atoms with van der Waals surface area (Å²) in [6, 6.07) is 0.424. The summed E-state index contributed by atoms with van der Waals surface area (Å²) >= 11 is 0. The van der Waals surface area contributed by atoms with Crippen LogP contribution in [0.2, 0.25) is 0 Å². The van der Waals surface area contributed by atoms with E-state index >= 15 is 0 Å². The molecule has 0 rings (SSSR count). The van der Waals surface area contributed by atoms with E-state index in [1.165, 1.54) is 0 Å². The smallest absolute Gasteiger partial charge is 0.0733 e. The van der Waals surface area contributed by atoms with Gasteiger partial charge in [0.25, 0.3) is 0 Å². The Kier molecular flexibility index (Phi) is 6.18. The molecule has 0 aromatic rings. The van der Waals surface area contributed by atoms with Gasteiger partial charge in [0.05, 0.1) is 6.10 Å². The monoisotopic (exact) mass is 157 g/mol. The predicted molar refractivity (Wildman–Crippen MR) is 48.6 cm³/mol. The zero-order chi connectivity index (χ0) is 8.69. The summed E-state index contributed by atoms with van der Waals surface area (Å²) in [5.74, 6) is 0. The van der Waals surface area contributed by atoms with Gasteiger partial charge >= 0.3 is 0 Å². The molecule has 2 unspecified atom stereocenters. The summed E-state index contributed by atoms with van der Waals surface area (Å²) in [4.78, 5) is 0. The summed E-state index contributed by atoms with van der Waals surface area (Å²) in [6.45, 7) is 5.67. The van der Waals surface area contributed by atoms with Gasteiger partial charge in [0.1, 0.15) is 0 Å². The molecule has 0 saturated heterocycles. The Balaban J connectivity index is 3.57. The van der Waals surface area contributed by atoms with Crippen molar-refractivity contribution in [3.05, 3.63) is 12.7 Å². The highest BCUT2D eigenvalue weighted by Gasteiger charge is 2.08. The minimum Gasteiger partial charge on any atom is -0.389 e. The van der Waals surface area contributed by atoms with Gasteiger partial charge in [-0.1, -0.05) is 19.4 Å². The first-order valence-electron chi connectivity index (χ1n) is 4.22. The molecular weight excluding hydrogens is 138 g/mol. The molecule has 11 heavy (non-hydrogen) atoms. The Morgan fingerprint density at radius 2 is 2.27 bits per heavy atom. The van der Waals surface area contributed by atoms with Gasteiger partial charge in [-0.05, 0) is 19.9 Å². The Labute approximate surface area is 69.3 Å². The van der Waals surface area contributed by atoms with Crippen molar-refractivity contribution in [2.75, 3.05) is 7.05 Å². The fourth-order valence-corrected chi connectivity index (χ4v) is 1.12. The van der Waals surface area contributed by atoms with Gasteiger partial charge in [0, 0.05) is 6.04 Å². The van der Waals surface area contributed by atoms with Crippen LogP contribution in [0, 0.1) is 0 Å². The van der Waals surface area contributed by atoms with Gasteiger partial charge < -0.3 is 10.4 Å². The second kappa shape index (κ2) is 6.38. The van der Waals surface area contributed by atoms with Gasteiger partial charge in [-0.3, -0.25) is 0 Å². The maximum absolute atomic E-state index is 9.23. The maximum Gasteiger partial charge on any atom is 0.0733 e. The van der Waals surface area contributed by atoms with E-state index in [-0.39, 0.29) is 6.10 Å². The lowest BCUT2D eigenvalue weighted by atomic mass is 10.1. The Morgan fingerprint density at radius 1 is 1.64 bits per heavy atom. The zero-order valence-electron chi connectivity index (χ0n) is 7.51. The molecule has 0 spiro atoms. The van der Waals surface area contributed by atoms with Crippen LogP contribution in [0.15, 0.2) is 12.7 Å². The third kappa shape index (κ3) is 4.99. The minimum absolute atomic E-state index is 0.362. The van der Waals surface area contributed by atoms with Gasteiger partial charge in [-0.15, -0.1) is 6.58 Å². The number of aliphatic hydroxyl groups excluding tert-OH is 1. The van der Waals surface area contributed by atoms with Crippen LogP contribution in [0.5, 0.6) is 0 Å². The van der Waals surface area contributed by atoms with Crippen molar-refractivity contribution < 1.29 is 5.11 Å². The molecule has 0 heterocycles. The zero-order valence-corrected chi connectivity index (χ0v) is 7.51. The summed E-state index contributed by atoms with van der Waals surface area (Å²) in [5, 5.41) is 12.4. The van der Waals surface area contributed by atoms with Gasteiger partial charge in [-0.2, -0.15) is 0 Å². The largest absolute Gasteiger partial charge is 0.389 e. The average Bonchev–Trinajstić information content (AvgIpc) is 2.03. The van der Waals surface area contributed by atoms with E-state index in [1.54, 1.807) is 6.08 Å². The average molecular weight is 157 g/mol. The topological polar surface area (TPSA) is 32.3 Å². The number of hydrogen-bond donors (Lipinski definition) is 2. The van der Waals surface area contributed by atoms with Crippen LogP contribution < -0.4 is 5.32 Å². The first kappa shape index (κ1) is 10.7. The van der Waals surface area contributed by atoms with Crippen molar-refractivity contribution >= 4 is 0 Å². The summed E-state index contributed by atoms with van der Waals surface area (Å²) in [7, 11) is 1.93. The van der Waals surface area contributed by atoms with Crippen molar-refractivity contribution in [3.8, 4) is 0 Å². The highest BCUT2D eigenvalue weighted by molar-refractivity contribution is 4.82. The fraction of sp³-hybridized carbons (Fsp3) is 0.778. The Morgan fingerprint density at radius 3 is 2.64 bits per heavy atom. The van der Waals surface area contributed by atoms with E-state index in [1.807, 2.05) is 7.05 Å². The highest BCUT2D eigenvalue weighted by Crippen LogP contribution is 2.04. The molecule has 0 bridgehead atoms. The number of aliphatic hydroxyl groups is 1. The van der Waals surface area contributed by atoms with Crippen molar-refractivity contribution in [3.63, 3.8) is 0 Å². The Bertz CT molecular complexity index is 104. The molecule has 0 aliphatic rings. The second-order valence-corrected chi connectivity index (χ2v) is 2.81. The maximum atomic E-state index is 9.23. The van der Waals surface area contributed by atoms with Crippen LogP contribution in [0.1, 0.15) is 26.2 Å². The summed E-state index contributed by atoms with van der Waals surface area (Å²) in [5.41, 5.74) is 0. The molecule has 0 amide bonds. The molecular formula is C9H19NO. The fourth-order valence-electron chi connectivity index (χ4n) is 1.12. The van der Waals surface area contributed by atoms with Crippen LogP contribution >= 0.6 is 0 Å². The van der Waals surface area contributed by atoms with E-state index in [0.29, 0.717) is 6.04 Å². The van der Waals surface area contributed by atoms with Crippen LogP contribution in [-0.2, 0) is 0 Å². The van der Waals surface area contributed by atoms with Crippen LogP contribution in [0.3, 0.4) is 0 Å². The third-order valence-corrected chi connectivity index (χ3v) is 1.84. The molecule has 0 fully saturated rings.